The molecular weight excluding hydrogens is 238 g/mol. The van der Waals surface area contributed by atoms with Crippen molar-refractivity contribution in [1.82, 2.24) is 4.90 Å². The Kier molecular flexibility index (Phi) is 9.48. The van der Waals surface area contributed by atoms with Crippen LogP contribution in [0.25, 0.3) is 0 Å². The molecule has 1 rings (SSSR count). The third-order valence-electron chi connectivity index (χ3n) is 4.41. The van der Waals surface area contributed by atoms with Crippen LogP contribution in [0.1, 0.15) is 64.2 Å². The molecule has 0 aromatic carbocycles. The van der Waals surface area contributed by atoms with Crippen molar-refractivity contribution in [2.45, 2.75) is 76.4 Å². The molecule has 0 heterocycles. The third-order valence-corrected chi connectivity index (χ3v) is 4.41. The fraction of sp³-hybridized carbons (Fsp3) is 1.00. The molecule has 0 saturated heterocycles. The minimum Gasteiger partial charge on any atom is -0.391 e. The van der Waals surface area contributed by atoms with E-state index in [-0.39, 0.29) is 6.10 Å². The summed E-state index contributed by atoms with van der Waals surface area (Å²) >= 11 is 0. The molecule has 19 heavy (non-hydrogen) atoms. The second-order valence-electron chi connectivity index (χ2n) is 6.01. The molecule has 1 N–H and O–H groups in total. The largest absolute Gasteiger partial charge is 0.391 e. The zero-order valence-electron chi connectivity index (χ0n) is 12.9. The quantitative estimate of drug-likeness (QED) is 0.852. The van der Waals surface area contributed by atoms with Gasteiger partial charge in [-0.15, -0.1) is 0 Å². The summed E-state index contributed by atoms with van der Waals surface area (Å²) in [6, 6.07) is 0.314. The van der Waals surface area contributed by atoms with E-state index in [0.717, 1.165) is 26.0 Å². The first-order chi connectivity index (χ1) is 9.25. The van der Waals surface area contributed by atoms with E-state index < -0.39 is 0 Å². The highest BCUT2D eigenvalue weighted by molar-refractivity contribution is 4.78. The molecule has 0 aliphatic heterocycles. The van der Waals surface area contributed by atoms with E-state index in [1.807, 2.05) is 0 Å². The maximum Gasteiger partial charge on any atom is 0.0695 e. The summed E-state index contributed by atoms with van der Waals surface area (Å²) in [5.74, 6) is 0. The van der Waals surface area contributed by atoms with Crippen LogP contribution in [-0.2, 0) is 4.74 Å². The first-order valence-corrected chi connectivity index (χ1v) is 8.13. The second kappa shape index (κ2) is 10.6. The number of ether oxygens (including phenoxy) is 1. The van der Waals surface area contributed by atoms with Crippen LogP contribution in [0.5, 0.6) is 0 Å². The van der Waals surface area contributed by atoms with Crippen LogP contribution in [0.15, 0.2) is 0 Å². The van der Waals surface area contributed by atoms with Crippen molar-refractivity contribution in [3.05, 3.63) is 0 Å². The summed E-state index contributed by atoms with van der Waals surface area (Å²) < 4.78 is 5.15. The standard InChI is InChI=1S/C16H33NO2/c1-17(13-14-19-2)15-11-9-7-5-3-4-6-8-10-12-16(15)18/h15-16,18H,3-14H2,1-2H3. The van der Waals surface area contributed by atoms with Crippen LogP contribution in [0, 0.1) is 0 Å². The van der Waals surface area contributed by atoms with E-state index in [9.17, 15) is 5.11 Å². The van der Waals surface area contributed by atoms with Crippen LogP contribution in [-0.4, -0.2) is 49.5 Å². The minimum atomic E-state index is -0.165. The van der Waals surface area contributed by atoms with Crippen LogP contribution in [0.4, 0.5) is 0 Å². The topological polar surface area (TPSA) is 32.7 Å². The van der Waals surface area contributed by atoms with Crippen molar-refractivity contribution < 1.29 is 9.84 Å². The maximum atomic E-state index is 10.4. The number of methoxy groups -OCH3 is 1. The third kappa shape index (κ3) is 7.28. The molecule has 0 aromatic rings. The van der Waals surface area contributed by atoms with E-state index in [4.69, 9.17) is 4.74 Å². The van der Waals surface area contributed by atoms with E-state index in [1.54, 1.807) is 7.11 Å². The summed E-state index contributed by atoms with van der Waals surface area (Å²) in [4.78, 5) is 2.29. The molecule has 1 aliphatic carbocycles. The Bertz CT molecular complexity index is 211. The van der Waals surface area contributed by atoms with Crippen molar-refractivity contribution in [3.8, 4) is 0 Å². The Hall–Kier alpha value is -0.120. The number of aliphatic hydroxyl groups is 1. The Labute approximate surface area is 119 Å². The van der Waals surface area contributed by atoms with Crippen LogP contribution in [0.3, 0.4) is 0 Å². The minimum absolute atomic E-state index is 0.165. The molecule has 3 nitrogen and oxygen atoms in total. The van der Waals surface area contributed by atoms with Gasteiger partial charge in [-0.3, -0.25) is 4.90 Å². The predicted octanol–water partition coefficient (Wildman–Crippen LogP) is 3.21. The zero-order chi connectivity index (χ0) is 13.9. The van der Waals surface area contributed by atoms with Gasteiger partial charge in [0, 0.05) is 19.7 Å². The lowest BCUT2D eigenvalue weighted by Gasteiger charge is -2.32. The second-order valence-corrected chi connectivity index (χ2v) is 6.01. The predicted molar refractivity (Wildman–Crippen MR) is 80.5 cm³/mol. The Morgan fingerprint density at radius 3 is 2.05 bits per heavy atom. The van der Waals surface area contributed by atoms with Gasteiger partial charge in [0.15, 0.2) is 0 Å². The molecular formula is C16H33NO2. The number of nitrogens with zero attached hydrogens (tertiary/aromatic N) is 1. The van der Waals surface area contributed by atoms with Gasteiger partial charge < -0.3 is 9.84 Å². The van der Waals surface area contributed by atoms with Gasteiger partial charge in [0.05, 0.1) is 12.7 Å². The SMILES string of the molecule is COCCN(C)C1CCCCCCCCCCC1O. The monoisotopic (exact) mass is 271 g/mol. The molecule has 114 valence electrons. The number of aliphatic hydroxyl groups excluding tert-OH is 1. The summed E-state index contributed by atoms with van der Waals surface area (Å²) in [7, 11) is 3.87. The zero-order valence-corrected chi connectivity index (χ0v) is 12.9. The highest BCUT2D eigenvalue weighted by Crippen LogP contribution is 2.20. The van der Waals surface area contributed by atoms with Gasteiger partial charge in [-0.05, 0) is 19.9 Å². The average Bonchev–Trinajstić information content (AvgIpc) is 2.40. The fourth-order valence-electron chi connectivity index (χ4n) is 3.07. The Morgan fingerprint density at radius 1 is 0.947 bits per heavy atom. The van der Waals surface area contributed by atoms with Crippen molar-refractivity contribution in [2.75, 3.05) is 27.3 Å². The normalized spacial score (nSPS) is 27.8. The first kappa shape index (κ1) is 16.9. The molecule has 1 saturated carbocycles. The van der Waals surface area contributed by atoms with Gasteiger partial charge in [0.25, 0.3) is 0 Å². The van der Waals surface area contributed by atoms with Gasteiger partial charge in [-0.25, -0.2) is 0 Å². The Morgan fingerprint density at radius 2 is 1.47 bits per heavy atom. The number of hydrogen-bond donors (Lipinski definition) is 1. The van der Waals surface area contributed by atoms with Gasteiger partial charge >= 0.3 is 0 Å². The van der Waals surface area contributed by atoms with Gasteiger partial charge in [0.1, 0.15) is 0 Å². The molecule has 1 aliphatic rings. The van der Waals surface area contributed by atoms with E-state index in [0.29, 0.717) is 6.04 Å². The number of rotatable bonds is 4. The lowest BCUT2D eigenvalue weighted by Crippen LogP contribution is -2.42. The number of likely N-dealkylation sites (N-methyl/N-ethyl adjacent to an activating group) is 1. The van der Waals surface area contributed by atoms with Crippen LogP contribution in [0.2, 0.25) is 0 Å². The lowest BCUT2D eigenvalue weighted by atomic mass is 9.95. The molecule has 1 fully saturated rings. The molecule has 0 spiro atoms. The van der Waals surface area contributed by atoms with Gasteiger partial charge in [-0.2, -0.15) is 0 Å². The maximum absolute atomic E-state index is 10.4. The molecule has 2 atom stereocenters. The molecule has 0 radical (unpaired) electrons. The smallest absolute Gasteiger partial charge is 0.0695 e. The first-order valence-electron chi connectivity index (χ1n) is 8.13. The van der Waals surface area contributed by atoms with Gasteiger partial charge in [-0.1, -0.05) is 51.4 Å². The molecule has 0 amide bonds. The highest BCUT2D eigenvalue weighted by Gasteiger charge is 2.22. The average molecular weight is 271 g/mol. The fourth-order valence-corrected chi connectivity index (χ4v) is 3.07. The lowest BCUT2D eigenvalue weighted by molar-refractivity contribution is 0.0361. The van der Waals surface area contributed by atoms with Crippen molar-refractivity contribution in [1.29, 1.82) is 0 Å². The molecule has 3 heteroatoms. The molecule has 2 unspecified atom stereocenters. The summed E-state index contributed by atoms with van der Waals surface area (Å²) in [6.45, 7) is 1.66. The van der Waals surface area contributed by atoms with Crippen molar-refractivity contribution in [3.63, 3.8) is 0 Å². The molecule has 0 bridgehead atoms. The summed E-state index contributed by atoms with van der Waals surface area (Å²) in [5, 5.41) is 10.4. The van der Waals surface area contributed by atoms with Crippen molar-refractivity contribution in [2.24, 2.45) is 0 Å². The van der Waals surface area contributed by atoms with E-state index in [2.05, 4.69) is 11.9 Å². The summed E-state index contributed by atoms with van der Waals surface area (Å²) in [6.07, 6.45) is 12.4. The van der Waals surface area contributed by atoms with Crippen LogP contribution >= 0.6 is 0 Å². The van der Waals surface area contributed by atoms with E-state index >= 15 is 0 Å². The van der Waals surface area contributed by atoms with Crippen LogP contribution < -0.4 is 0 Å². The molecule has 0 aromatic heterocycles. The van der Waals surface area contributed by atoms with E-state index in [1.165, 1.54) is 51.4 Å². The van der Waals surface area contributed by atoms with Gasteiger partial charge in [0.2, 0.25) is 0 Å². The highest BCUT2D eigenvalue weighted by atomic mass is 16.5. The van der Waals surface area contributed by atoms with Crippen molar-refractivity contribution >= 4 is 0 Å². The Balaban J connectivity index is 2.45. The summed E-state index contributed by atoms with van der Waals surface area (Å²) in [5.41, 5.74) is 0. The number of hydrogen-bond acceptors (Lipinski definition) is 3.